The van der Waals surface area contributed by atoms with Gasteiger partial charge in [-0.1, -0.05) is 32.1 Å². The molecule has 0 aromatic heterocycles. The van der Waals surface area contributed by atoms with Crippen LogP contribution in [0.2, 0.25) is 0 Å². The molecule has 2 unspecified atom stereocenters. The quantitative estimate of drug-likeness (QED) is 0.729. The molecule has 0 spiro atoms. The van der Waals surface area contributed by atoms with Crippen molar-refractivity contribution in [1.29, 1.82) is 5.26 Å². The van der Waals surface area contributed by atoms with Crippen LogP contribution >= 0.6 is 0 Å². The molecule has 2 heteroatoms. The average molecular weight is 192 g/mol. The molecular formula is C12H20N2. The Labute approximate surface area is 86.7 Å². The molecule has 1 heterocycles. The van der Waals surface area contributed by atoms with Gasteiger partial charge in [0.25, 0.3) is 0 Å². The molecule has 0 aromatic rings. The second-order valence-electron chi connectivity index (χ2n) is 4.91. The topological polar surface area (TPSA) is 35.8 Å². The first-order valence-electron chi connectivity index (χ1n) is 6.01. The van der Waals surface area contributed by atoms with Gasteiger partial charge in [0.15, 0.2) is 0 Å². The SMILES string of the molecule is N#CC1CNC(CC2CCCCC2)C1. The van der Waals surface area contributed by atoms with Crippen LogP contribution < -0.4 is 5.32 Å². The van der Waals surface area contributed by atoms with Gasteiger partial charge in [-0.05, 0) is 18.8 Å². The van der Waals surface area contributed by atoms with Gasteiger partial charge >= 0.3 is 0 Å². The Balaban J connectivity index is 1.73. The van der Waals surface area contributed by atoms with Crippen LogP contribution in [0.25, 0.3) is 0 Å². The fourth-order valence-electron chi connectivity index (χ4n) is 2.92. The van der Waals surface area contributed by atoms with Crippen molar-refractivity contribution in [2.75, 3.05) is 6.54 Å². The molecule has 0 radical (unpaired) electrons. The van der Waals surface area contributed by atoms with Crippen LogP contribution in [-0.2, 0) is 0 Å². The monoisotopic (exact) mass is 192 g/mol. The highest BCUT2D eigenvalue weighted by atomic mass is 14.9. The van der Waals surface area contributed by atoms with Gasteiger partial charge in [-0.3, -0.25) is 0 Å². The first-order valence-corrected chi connectivity index (χ1v) is 6.01. The molecule has 1 saturated carbocycles. The van der Waals surface area contributed by atoms with Crippen LogP contribution in [-0.4, -0.2) is 12.6 Å². The van der Waals surface area contributed by atoms with Crippen LogP contribution in [0.3, 0.4) is 0 Å². The highest BCUT2D eigenvalue weighted by Crippen LogP contribution is 2.29. The molecule has 0 bridgehead atoms. The summed E-state index contributed by atoms with van der Waals surface area (Å²) in [7, 11) is 0. The summed E-state index contributed by atoms with van der Waals surface area (Å²) in [6, 6.07) is 3.01. The second-order valence-corrected chi connectivity index (χ2v) is 4.91. The highest BCUT2D eigenvalue weighted by Gasteiger charge is 2.26. The van der Waals surface area contributed by atoms with E-state index < -0.39 is 0 Å². The van der Waals surface area contributed by atoms with E-state index in [0.29, 0.717) is 6.04 Å². The lowest BCUT2D eigenvalue weighted by molar-refractivity contribution is 0.308. The Hall–Kier alpha value is -0.550. The normalized spacial score (nSPS) is 34.2. The van der Waals surface area contributed by atoms with Gasteiger partial charge in [0, 0.05) is 12.6 Å². The maximum Gasteiger partial charge on any atom is 0.0669 e. The van der Waals surface area contributed by atoms with E-state index in [9.17, 15) is 0 Å². The number of nitrogens with zero attached hydrogens (tertiary/aromatic N) is 1. The Morgan fingerprint density at radius 3 is 2.64 bits per heavy atom. The lowest BCUT2D eigenvalue weighted by Gasteiger charge is -2.24. The summed E-state index contributed by atoms with van der Waals surface area (Å²) in [6.45, 7) is 0.924. The van der Waals surface area contributed by atoms with E-state index in [1.54, 1.807) is 0 Å². The van der Waals surface area contributed by atoms with Gasteiger partial charge in [0.05, 0.1) is 12.0 Å². The minimum absolute atomic E-state index is 0.281. The third kappa shape index (κ3) is 2.48. The lowest BCUT2D eigenvalue weighted by atomic mass is 9.84. The van der Waals surface area contributed by atoms with E-state index in [1.165, 1.54) is 38.5 Å². The van der Waals surface area contributed by atoms with Crippen molar-refractivity contribution in [2.24, 2.45) is 11.8 Å². The van der Waals surface area contributed by atoms with E-state index in [2.05, 4.69) is 11.4 Å². The molecule has 0 aromatic carbocycles. The number of rotatable bonds is 2. The molecule has 0 amide bonds. The minimum atomic E-state index is 0.281. The van der Waals surface area contributed by atoms with Crippen LogP contribution in [0.15, 0.2) is 0 Å². The number of hydrogen-bond acceptors (Lipinski definition) is 2. The molecule has 1 aliphatic heterocycles. The first kappa shape index (κ1) is 9.98. The van der Waals surface area contributed by atoms with Crippen LogP contribution in [0.1, 0.15) is 44.9 Å². The van der Waals surface area contributed by atoms with Crippen LogP contribution in [0.5, 0.6) is 0 Å². The molecular weight excluding hydrogens is 172 g/mol. The summed E-state index contributed by atoms with van der Waals surface area (Å²) < 4.78 is 0. The zero-order valence-corrected chi connectivity index (χ0v) is 8.84. The van der Waals surface area contributed by atoms with Crippen LogP contribution in [0, 0.1) is 23.2 Å². The lowest BCUT2D eigenvalue weighted by Crippen LogP contribution is -2.25. The zero-order valence-electron chi connectivity index (χ0n) is 8.84. The number of nitriles is 1. The molecule has 1 aliphatic carbocycles. The zero-order chi connectivity index (χ0) is 9.80. The van der Waals surface area contributed by atoms with E-state index in [0.717, 1.165) is 18.9 Å². The Kier molecular flexibility index (Phi) is 3.42. The van der Waals surface area contributed by atoms with Crippen molar-refractivity contribution in [2.45, 2.75) is 51.0 Å². The Morgan fingerprint density at radius 2 is 2.00 bits per heavy atom. The maximum atomic E-state index is 8.80. The van der Waals surface area contributed by atoms with E-state index >= 15 is 0 Å². The van der Waals surface area contributed by atoms with Gasteiger partial charge in [-0.25, -0.2) is 0 Å². The average Bonchev–Trinajstić information content (AvgIpc) is 2.67. The van der Waals surface area contributed by atoms with Gasteiger partial charge in [0.1, 0.15) is 0 Å². The highest BCUT2D eigenvalue weighted by molar-refractivity contribution is 4.94. The largest absolute Gasteiger partial charge is 0.313 e. The predicted octanol–water partition coefficient (Wildman–Crippen LogP) is 2.46. The van der Waals surface area contributed by atoms with E-state index in [4.69, 9.17) is 5.26 Å². The van der Waals surface area contributed by atoms with Gasteiger partial charge in [-0.2, -0.15) is 5.26 Å². The Morgan fingerprint density at radius 1 is 1.21 bits per heavy atom. The fraction of sp³-hybridized carbons (Fsp3) is 0.917. The summed E-state index contributed by atoms with van der Waals surface area (Å²) in [5.41, 5.74) is 0. The van der Waals surface area contributed by atoms with Gasteiger partial charge in [0.2, 0.25) is 0 Å². The second kappa shape index (κ2) is 4.79. The number of nitrogens with one attached hydrogen (secondary N) is 1. The maximum absolute atomic E-state index is 8.80. The molecule has 2 aliphatic rings. The van der Waals surface area contributed by atoms with Crippen molar-refractivity contribution < 1.29 is 0 Å². The molecule has 14 heavy (non-hydrogen) atoms. The molecule has 2 atom stereocenters. The van der Waals surface area contributed by atoms with Crippen molar-refractivity contribution in [3.63, 3.8) is 0 Å². The van der Waals surface area contributed by atoms with Gasteiger partial charge < -0.3 is 5.32 Å². The van der Waals surface area contributed by atoms with Crippen molar-refractivity contribution in [3.8, 4) is 6.07 Å². The minimum Gasteiger partial charge on any atom is -0.313 e. The molecule has 1 saturated heterocycles. The molecule has 2 nitrogen and oxygen atoms in total. The summed E-state index contributed by atoms with van der Waals surface area (Å²) in [4.78, 5) is 0. The molecule has 1 N–H and O–H groups in total. The Bertz CT molecular complexity index is 213. The first-order chi connectivity index (χ1) is 6.88. The van der Waals surface area contributed by atoms with E-state index in [-0.39, 0.29) is 5.92 Å². The van der Waals surface area contributed by atoms with Crippen molar-refractivity contribution in [1.82, 2.24) is 5.32 Å². The molecule has 2 fully saturated rings. The van der Waals surface area contributed by atoms with E-state index in [1.807, 2.05) is 0 Å². The van der Waals surface area contributed by atoms with Gasteiger partial charge in [-0.15, -0.1) is 0 Å². The van der Waals surface area contributed by atoms with Crippen molar-refractivity contribution >= 4 is 0 Å². The third-order valence-corrected chi connectivity index (χ3v) is 3.75. The smallest absolute Gasteiger partial charge is 0.0669 e. The standard InChI is InChI=1S/C12H20N2/c13-8-11-7-12(14-9-11)6-10-4-2-1-3-5-10/h10-12,14H,1-7,9H2. The summed E-state index contributed by atoms with van der Waals surface area (Å²) in [6.07, 6.45) is 9.56. The predicted molar refractivity (Wildman–Crippen MR) is 56.7 cm³/mol. The summed E-state index contributed by atoms with van der Waals surface area (Å²) in [5.74, 6) is 1.22. The fourth-order valence-corrected chi connectivity index (χ4v) is 2.92. The molecule has 2 rings (SSSR count). The van der Waals surface area contributed by atoms with Crippen LogP contribution in [0.4, 0.5) is 0 Å². The summed E-state index contributed by atoms with van der Waals surface area (Å²) in [5, 5.41) is 12.3. The van der Waals surface area contributed by atoms with Crippen molar-refractivity contribution in [3.05, 3.63) is 0 Å². The molecule has 78 valence electrons. The number of hydrogen-bond donors (Lipinski definition) is 1. The summed E-state index contributed by atoms with van der Waals surface area (Å²) >= 11 is 0. The third-order valence-electron chi connectivity index (χ3n) is 3.75.